The summed E-state index contributed by atoms with van der Waals surface area (Å²) in [5.74, 6) is -0.0564. The van der Waals surface area contributed by atoms with E-state index in [0.29, 0.717) is 17.2 Å². The van der Waals surface area contributed by atoms with Crippen molar-refractivity contribution in [3.05, 3.63) is 62.6 Å². The van der Waals surface area contributed by atoms with Crippen LogP contribution in [0.4, 0.5) is 13.2 Å². The molecule has 2 aromatic heterocycles. The van der Waals surface area contributed by atoms with Gasteiger partial charge in [0.15, 0.2) is 12.4 Å². The summed E-state index contributed by atoms with van der Waals surface area (Å²) in [6.07, 6.45) is -2.72. The molecule has 1 amide bonds. The minimum atomic E-state index is -4.62. The zero-order valence-electron chi connectivity index (χ0n) is 16.6. The first-order valence-corrected chi connectivity index (χ1v) is 10.4. The molecule has 0 bridgehead atoms. The molecular formula is C19H17Cl3F3N5O2. The molecule has 0 spiro atoms. The van der Waals surface area contributed by atoms with Crippen molar-refractivity contribution in [1.82, 2.24) is 24.9 Å². The number of aromatic nitrogens is 4. The standard InChI is InChI=1S/C19H17Cl3F3N5O2/c1-11-15(21)17(19(23,24)25)28-30(11)8-3-7-26-18(31)13-6-9-29(27-13)10-32-14-5-2-4-12(20)16(14)22/h2,4-6,9H,3,7-8,10H2,1H3,(H,26,31). The molecule has 0 unspecified atom stereocenters. The summed E-state index contributed by atoms with van der Waals surface area (Å²) in [6, 6.07) is 6.47. The molecule has 2 heterocycles. The number of carbonyl (C=O) groups is 1. The number of nitrogens with one attached hydrogen (secondary N) is 1. The number of aryl methyl sites for hydroxylation is 1. The highest BCUT2D eigenvalue weighted by Crippen LogP contribution is 2.35. The van der Waals surface area contributed by atoms with Gasteiger partial charge in [-0.05, 0) is 31.5 Å². The number of amides is 1. The van der Waals surface area contributed by atoms with Gasteiger partial charge in [0.1, 0.15) is 16.5 Å². The van der Waals surface area contributed by atoms with Gasteiger partial charge in [-0.25, -0.2) is 4.68 Å². The number of rotatable bonds is 8. The van der Waals surface area contributed by atoms with E-state index in [9.17, 15) is 18.0 Å². The second-order valence-electron chi connectivity index (χ2n) is 6.64. The lowest BCUT2D eigenvalue weighted by Crippen LogP contribution is -2.26. The van der Waals surface area contributed by atoms with Gasteiger partial charge in [-0.3, -0.25) is 9.48 Å². The lowest BCUT2D eigenvalue weighted by molar-refractivity contribution is -0.141. The SMILES string of the molecule is Cc1c(Cl)c(C(F)(F)F)nn1CCCNC(=O)c1ccn(COc2cccc(Cl)c2Cl)n1. The molecule has 0 aliphatic heterocycles. The Hall–Kier alpha value is -2.43. The zero-order chi connectivity index (χ0) is 23.5. The van der Waals surface area contributed by atoms with Crippen LogP contribution >= 0.6 is 34.8 Å². The molecule has 0 fully saturated rings. The van der Waals surface area contributed by atoms with Crippen LogP contribution in [0.15, 0.2) is 30.5 Å². The minimum Gasteiger partial charge on any atom is -0.470 e. The topological polar surface area (TPSA) is 74.0 Å². The lowest BCUT2D eigenvalue weighted by Gasteiger charge is -2.08. The van der Waals surface area contributed by atoms with Crippen molar-refractivity contribution in [2.24, 2.45) is 0 Å². The Morgan fingerprint density at radius 2 is 1.91 bits per heavy atom. The molecule has 3 rings (SSSR count). The smallest absolute Gasteiger partial charge is 0.436 e. The lowest BCUT2D eigenvalue weighted by atomic mass is 10.3. The van der Waals surface area contributed by atoms with Gasteiger partial charge in [-0.1, -0.05) is 40.9 Å². The highest BCUT2D eigenvalue weighted by Gasteiger charge is 2.38. The Morgan fingerprint density at radius 3 is 2.59 bits per heavy atom. The summed E-state index contributed by atoms with van der Waals surface area (Å²) in [7, 11) is 0. The predicted molar refractivity (Wildman–Crippen MR) is 113 cm³/mol. The summed E-state index contributed by atoms with van der Waals surface area (Å²) in [6.45, 7) is 1.83. The molecule has 1 N–H and O–H groups in total. The fourth-order valence-corrected chi connectivity index (χ4v) is 3.32. The highest BCUT2D eigenvalue weighted by atomic mass is 35.5. The van der Waals surface area contributed by atoms with Crippen LogP contribution < -0.4 is 10.1 Å². The first kappa shape index (κ1) is 24.2. The molecule has 0 aliphatic rings. The Balaban J connectivity index is 1.48. The van der Waals surface area contributed by atoms with Gasteiger partial charge in [-0.2, -0.15) is 23.4 Å². The van der Waals surface area contributed by atoms with E-state index in [1.807, 2.05) is 0 Å². The maximum Gasteiger partial charge on any atom is 0.436 e. The van der Waals surface area contributed by atoms with Crippen LogP contribution in [0.2, 0.25) is 15.1 Å². The molecule has 0 atom stereocenters. The second kappa shape index (κ2) is 10.0. The number of hydrogen-bond donors (Lipinski definition) is 1. The van der Waals surface area contributed by atoms with E-state index in [2.05, 4.69) is 15.5 Å². The van der Waals surface area contributed by atoms with E-state index in [1.54, 1.807) is 24.4 Å². The second-order valence-corrected chi connectivity index (χ2v) is 7.81. The highest BCUT2D eigenvalue weighted by molar-refractivity contribution is 6.42. The van der Waals surface area contributed by atoms with E-state index in [0.717, 1.165) is 0 Å². The largest absolute Gasteiger partial charge is 0.470 e. The molecule has 3 aromatic rings. The molecule has 7 nitrogen and oxygen atoms in total. The van der Waals surface area contributed by atoms with Crippen LogP contribution in [-0.4, -0.2) is 32.0 Å². The predicted octanol–water partition coefficient (Wildman–Crippen LogP) is 5.22. The average Bonchev–Trinajstić information content (AvgIpc) is 3.32. The van der Waals surface area contributed by atoms with E-state index in [1.165, 1.54) is 22.4 Å². The number of hydrogen-bond acceptors (Lipinski definition) is 4. The fourth-order valence-electron chi connectivity index (χ4n) is 2.73. The van der Waals surface area contributed by atoms with E-state index < -0.39 is 22.8 Å². The van der Waals surface area contributed by atoms with Gasteiger partial charge in [0.25, 0.3) is 5.91 Å². The van der Waals surface area contributed by atoms with Crippen LogP contribution in [0.1, 0.15) is 28.3 Å². The van der Waals surface area contributed by atoms with Crippen molar-refractivity contribution in [2.45, 2.75) is 32.8 Å². The van der Waals surface area contributed by atoms with Crippen molar-refractivity contribution in [2.75, 3.05) is 6.54 Å². The quantitative estimate of drug-likeness (QED) is 0.422. The zero-order valence-corrected chi connectivity index (χ0v) is 18.9. The number of alkyl halides is 3. The Bertz CT molecular complexity index is 1110. The fraction of sp³-hybridized carbons (Fsp3) is 0.316. The van der Waals surface area contributed by atoms with Crippen LogP contribution in [0.5, 0.6) is 5.75 Å². The van der Waals surface area contributed by atoms with E-state index in [-0.39, 0.29) is 36.2 Å². The van der Waals surface area contributed by atoms with Crippen LogP contribution in [0.3, 0.4) is 0 Å². The maximum atomic E-state index is 12.9. The summed E-state index contributed by atoms with van der Waals surface area (Å²) in [5.41, 5.74) is -0.750. The van der Waals surface area contributed by atoms with Crippen LogP contribution in [-0.2, 0) is 19.5 Å². The Kier molecular flexibility index (Phi) is 7.58. The molecule has 0 saturated carbocycles. The van der Waals surface area contributed by atoms with Crippen molar-refractivity contribution < 1.29 is 22.7 Å². The van der Waals surface area contributed by atoms with Crippen molar-refractivity contribution in [1.29, 1.82) is 0 Å². The number of carbonyl (C=O) groups excluding carboxylic acids is 1. The van der Waals surface area contributed by atoms with Gasteiger partial charge < -0.3 is 10.1 Å². The van der Waals surface area contributed by atoms with Crippen LogP contribution in [0, 0.1) is 6.92 Å². The van der Waals surface area contributed by atoms with Gasteiger partial charge in [0.2, 0.25) is 0 Å². The number of benzene rings is 1. The average molecular weight is 511 g/mol. The monoisotopic (exact) mass is 509 g/mol. The number of nitrogens with zero attached hydrogens (tertiary/aromatic N) is 4. The third-order valence-corrected chi connectivity index (χ3v) is 5.63. The molecular weight excluding hydrogens is 494 g/mol. The van der Waals surface area contributed by atoms with Gasteiger partial charge in [0, 0.05) is 19.3 Å². The van der Waals surface area contributed by atoms with Gasteiger partial charge in [0.05, 0.1) is 15.7 Å². The third kappa shape index (κ3) is 5.67. The molecule has 13 heteroatoms. The minimum absolute atomic E-state index is 0.00815. The van der Waals surface area contributed by atoms with Crippen molar-refractivity contribution >= 4 is 40.7 Å². The number of halogens is 6. The third-order valence-electron chi connectivity index (χ3n) is 4.38. The molecule has 32 heavy (non-hydrogen) atoms. The normalized spacial score (nSPS) is 11.6. The maximum absolute atomic E-state index is 12.9. The van der Waals surface area contributed by atoms with Crippen molar-refractivity contribution in [3.8, 4) is 5.75 Å². The van der Waals surface area contributed by atoms with E-state index in [4.69, 9.17) is 39.5 Å². The summed E-state index contributed by atoms with van der Waals surface area (Å²) < 4.78 is 46.7. The molecule has 0 saturated heterocycles. The van der Waals surface area contributed by atoms with Crippen molar-refractivity contribution in [3.63, 3.8) is 0 Å². The molecule has 172 valence electrons. The summed E-state index contributed by atoms with van der Waals surface area (Å²) in [4.78, 5) is 12.2. The van der Waals surface area contributed by atoms with E-state index >= 15 is 0 Å². The Labute approximate surface area is 196 Å². The molecule has 1 aromatic carbocycles. The Morgan fingerprint density at radius 1 is 1.16 bits per heavy atom. The summed E-state index contributed by atoms with van der Waals surface area (Å²) in [5, 5.41) is 10.5. The van der Waals surface area contributed by atoms with Gasteiger partial charge >= 0.3 is 6.18 Å². The van der Waals surface area contributed by atoms with Crippen LogP contribution in [0.25, 0.3) is 0 Å². The number of ether oxygens (including phenoxy) is 1. The summed E-state index contributed by atoms with van der Waals surface area (Å²) >= 11 is 17.7. The molecule has 0 aliphatic carbocycles. The first-order valence-electron chi connectivity index (χ1n) is 9.26. The first-order chi connectivity index (χ1) is 15.1. The molecule has 0 radical (unpaired) electrons. The van der Waals surface area contributed by atoms with Gasteiger partial charge in [-0.15, -0.1) is 0 Å².